The molecule has 4 aromatic carbocycles. The molecule has 0 saturated carbocycles. The molecule has 0 radical (unpaired) electrons. The molecular formula is C44H54Cl3N3O5. The molecule has 296 valence electrons. The van der Waals surface area contributed by atoms with Crippen LogP contribution in [0.5, 0.6) is 0 Å². The highest BCUT2D eigenvalue weighted by Gasteiger charge is 2.31. The third kappa shape index (κ3) is 14.0. The molecule has 2 unspecified atom stereocenters. The lowest BCUT2D eigenvalue weighted by Crippen LogP contribution is -2.31. The number of anilines is 2. The summed E-state index contributed by atoms with van der Waals surface area (Å²) in [5.74, 6) is -2.51. The molecule has 0 spiro atoms. The molecule has 2 aliphatic rings. The highest BCUT2D eigenvalue weighted by Crippen LogP contribution is 2.38. The number of para-hydroxylation sites is 1. The number of benzene rings is 4. The first-order valence-corrected chi connectivity index (χ1v) is 19.2. The van der Waals surface area contributed by atoms with Crippen molar-refractivity contribution in [2.45, 2.75) is 57.1 Å². The van der Waals surface area contributed by atoms with E-state index in [0.29, 0.717) is 18.2 Å². The summed E-state index contributed by atoms with van der Waals surface area (Å²) in [6, 6.07) is 34.2. The van der Waals surface area contributed by atoms with Crippen LogP contribution < -0.4 is 4.90 Å². The van der Waals surface area contributed by atoms with E-state index in [9.17, 15) is 9.59 Å². The van der Waals surface area contributed by atoms with Gasteiger partial charge in [0.25, 0.3) is 0 Å². The van der Waals surface area contributed by atoms with Gasteiger partial charge in [0.15, 0.2) is 0 Å². The second kappa shape index (κ2) is 22.6. The minimum Gasteiger partial charge on any atom is -0.478 e. The zero-order chi connectivity index (χ0) is 39.1. The van der Waals surface area contributed by atoms with E-state index in [1.807, 2.05) is 24.3 Å². The zero-order valence-electron chi connectivity index (χ0n) is 32.2. The maximum atomic E-state index is 9.55. The number of carbonyl (C=O) groups is 2. The van der Waals surface area contributed by atoms with Crippen molar-refractivity contribution in [2.24, 2.45) is 0 Å². The zero-order valence-corrected chi connectivity index (χ0v) is 34.5. The number of halogens is 3. The van der Waals surface area contributed by atoms with Crippen molar-refractivity contribution in [3.63, 3.8) is 0 Å². The van der Waals surface area contributed by atoms with E-state index in [4.69, 9.17) is 38.2 Å². The Morgan fingerprint density at radius 2 is 1.42 bits per heavy atom. The number of nitrogens with zero attached hydrogens (tertiary/aromatic N) is 3. The van der Waals surface area contributed by atoms with Crippen molar-refractivity contribution >= 4 is 58.9 Å². The van der Waals surface area contributed by atoms with Gasteiger partial charge in [-0.1, -0.05) is 89.9 Å². The van der Waals surface area contributed by atoms with Crippen LogP contribution in [0.3, 0.4) is 0 Å². The quantitative estimate of drug-likeness (QED) is 0.137. The summed E-state index contributed by atoms with van der Waals surface area (Å²) in [5, 5.41) is 17.2. The molecule has 4 aromatic rings. The van der Waals surface area contributed by atoms with Gasteiger partial charge in [0.1, 0.15) is 5.60 Å². The number of rotatable bonds is 12. The molecule has 1 fully saturated rings. The van der Waals surface area contributed by atoms with E-state index < -0.39 is 17.5 Å². The largest absolute Gasteiger partial charge is 0.478 e. The van der Waals surface area contributed by atoms with Gasteiger partial charge in [-0.15, -0.1) is 12.4 Å². The minimum absolute atomic E-state index is 0. The molecular weight excluding hydrogens is 757 g/mol. The number of aryl methyl sites for hydroxylation is 2. The Morgan fingerprint density at radius 3 is 2.02 bits per heavy atom. The molecule has 2 aliphatic heterocycles. The van der Waals surface area contributed by atoms with Gasteiger partial charge in [-0.3, -0.25) is 0 Å². The Labute approximate surface area is 342 Å². The van der Waals surface area contributed by atoms with Crippen LogP contribution in [0.1, 0.15) is 54.9 Å². The Bertz CT molecular complexity index is 1810. The smallest absolute Gasteiger partial charge is 0.328 e. The van der Waals surface area contributed by atoms with Gasteiger partial charge < -0.3 is 29.6 Å². The van der Waals surface area contributed by atoms with E-state index in [1.165, 1.54) is 47.5 Å². The second-order valence-corrected chi connectivity index (χ2v) is 14.9. The molecule has 0 bridgehead atoms. The third-order valence-electron chi connectivity index (χ3n) is 9.87. The number of carboxylic acids is 2. The summed E-state index contributed by atoms with van der Waals surface area (Å²) in [4.78, 5) is 26.2. The van der Waals surface area contributed by atoms with E-state index in [-0.39, 0.29) is 12.4 Å². The van der Waals surface area contributed by atoms with Gasteiger partial charge in [0.05, 0.1) is 0 Å². The second-order valence-electron chi connectivity index (χ2n) is 14.0. The molecule has 55 heavy (non-hydrogen) atoms. The molecule has 6 rings (SSSR count). The monoisotopic (exact) mass is 809 g/mol. The summed E-state index contributed by atoms with van der Waals surface area (Å²) in [6.07, 6.45) is 8.07. The molecule has 11 heteroatoms. The van der Waals surface area contributed by atoms with Gasteiger partial charge in [-0.2, -0.15) is 0 Å². The third-order valence-corrected chi connectivity index (χ3v) is 10.4. The van der Waals surface area contributed by atoms with Gasteiger partial charge in [-0.25, -0.2) is 9.59 Å². The van der Waals surface area contributed by atoms with Crippen LogP contribution in [-0.4, -0.2) is 85.4 Å². The molecule has 2 atom stereocenters. The number of hydrogen-bond acceptors (Lipinski definition) is 6. The fraction of sp³-hybridized carbons (Fsp3) is 0.364. The molecule has 0 aliphatic carbocycles. The van der Waals surface area contributed by atoms with Crippen molar-refractivity contribution < 1.29 is 24.5 Å². The molecule has 0 amide bonds. The van der Waals surface area contributed by atoms with Crippen LogP contribution in [0.25, 0.3) is 0 Å². The lowest BCUT2D eigenvalue weighted by Gasteiger charge is -2.32. The summed E-state index contributed by atoms with van der Waals surface area (Å²) in [6.45, 7) is 6.22. The summed E-state index contributed by atoms with van der Waals surface area (Å²) in [7, 11) is 6.47. The van der Waals surface area contributed by atoms with Crippen molar-refractivity contribution in [3.05, 3.63) is 142 Å². The molecule has 1 saturated heterocycles. The first-order chi connectivity index (χ1) is 25.9. The maximum absolute atomic E-state index is 9.55. The van der Waals surface area contributed by atoms with Crippen LogP contribution in [0.2, 0.25) is 10.0 Å². The van der Waals surface area contributed by atoms with Crippen LogP contribution in [0.15, 0.2) is 109 Å². The summed E-state index contributed by atoms with van der Waals surface area (Å²) >= 11 is 12.3. The topological polar surface area (TPSA) is 93.5 Å². The lowest BCUT2D eigenvalue weighted by atomic mass is 9.88. The first kappa shape index (κ1) is 45.5. The predicted molar refractivity (Wildman–Crippen MR) is 228 cm³/mol. The Balaban J connectivity index is 0.000000244. The van der Waals surface area contributed by atoms with Gasteiger partial charge >= 0.3 is 11.9 Å². The lowest BCUT2D eigenvalue weighted by molar-refractivity contribution is -0.134. The fourth-order valence-electron chi connectivity index (χ4n) is 6.91. The van der Waals surface area contributed by atoms with Gasteiger partial charge in [0, 0.05) is 52.8 Å². The Hall–Kier alpha value is -3.89. The average molecular weight is 811 g/mol. The number of aliphatic carboxylic acids is 2. The highest BCUT2D eigenvalue weighted by atomic mass is 35.5. The molecule has 2 N–H and O–H groups in total. The Kier molecular flexibility index (Phi) is 18.7. The van der Waals surface area contributed by atoms with Crippen molar-refractivity contribution in [3.8, 4) is 0 Å². The average Bonchev–Trinajstić information content (AvgIpc) is 3.50. The van der Waals surface area contributed by atoms with E-state index >= 15 is 0 Å². The van der Waals surface area contributed by atoms with Gasteiger partial charge in [0.2, 0.25) is 0 Å². The van der Waals surface area contributed by atoms with Crippen LogP contribution >= 0.6 is 35.6 Å². The van der Waals surface area contributed by atoms with Crippen molar-refractivity contribution in [1.29, 1.82) is 0 Å². The van der Waals surface area contributed by atoms with Gasteiger partial charge in [-0.05, 0) is 132 Å². The number of ether oxygens (including phenoxy) is 1. The van der Waals surface area contributed by atoms with Crippen LogP contribution in [0.4, 0.5) is 11.4 Å². The Morgan fingerprint density at radius 1 is 0.836 bits per heavy atom. The van der Waals surface area contributed by atoms with Crippen molar-refractivity contribution in [1.82, 2.24) is 9.80 Å². The molecule has 8 nitrogen and oxygen atoms in total. The number of hydrogen-bond donors (Lipinski definition) is 2. The number of fused-ring (bicyclic) bond motifs is 2. The predicted octanol–water partition coefficient (Wildman–Crippen LogP) is 9.77. The number of carboxylic acid groups (broad SMARTS) is 2. The normalized spacial score (nSPS) is 16.0. The molecule has 2 heterocycles. The standard InChI is InChI=1S/C21H26ClNO.C19H23ClN2.C4H4O4.ClH/c1-21(17-7-4-3-5-8-17,18-10-12-19(22)13-11-18)24-16-14-20-9-6-15-23(20)2;1-21(2)12-5-13-22-18-7-4-3-6-15(18)8-9-16-10-11-17(20)14-19(16)22;5-3(6)1-2-4(7)8;/h3-5,7-8,10-13,20H,6,9,14-16H2,1-2H3;3-4,6-7,10-11,14H,5,8-9,12-13H2,1-2H3;1-2H,(H,5,6)(H,7,8);1H. The summed E-state index contributed by atoms with van der Waals surface area (Å²) < 4.78 is 6.48. The van der Waals surface area contributed by atoms with E-state index in [0.717, 1.165) is 61.0 Å². The first-order valence-electron chi connectivity index (χ1n) is 18.5. The highest BCUT2D eigenvalue weighted by molar-refractivity contribution is 6.31. The van der Waals surface area contributed by atoms with Crippen LogP contribution in [-0.2, 0) is 32.8 Å². The van der Waals surface area contributed by atoms with E-state index in [2.05, 4.69) is 116 Å². The SMILES string of the molecule is CN(C)CCCN1c2ccccc2CCc2ccc(Cl)cc21.CN1CCCC1CCOC(C)(c1ccccc1)c1ccc(Cl)cc1.Cl.O=C(O)C=CC(=O)O. The van der Waals surface area contributed by atoms with Crippen molar-refractivity contribution in [2.75, 3.05) is 52.3 Å². The minimum atomic E-state index is -1.26. The molecule has 0 aromatic heterocycles. The number of likely N-dealkylation sites (tertiary alicyclic amines) is 1. The fourth-order valence-corrected chi connectivity index (χ4v) is 7.21. The van der Waals surface area contributed by atoms with E-state index in [1.54, 1.807) is 0 Å². The maximum Gasteiger partial charge on any atom is 0.328 e. The summed E-state index contributed by atoms with van der Waals surface area (Å²) in [5.41, 5.74) is 7.29. The van der Waals surface area contributed by atoms with Crippen LogP contribution in [0, 0.1) is 0 Å².